The summed E-state index contributed by atoms with van der Waals surface area (Å²) in [6.45, 7) is 4.02. The number of carbonyl (C=O) groups excluding carboxylic acids is 1. The van der Waals surface area contributed by atoms with Crippen LogP contribution in [0.2, 0.25) is 0 Å². The zero-order chi connectivity index (χ0) is 15.7. The number of aryl methyl sites for hydroxylation is 2. The number of fused-ring (bicyclic) bond motifs is 1. The molecule has 0 atom stereocenters. The van der Waals surface area contributed by atoms with E-state index in [0.29, 0.717) is 11.4 Å². The van der Waals surface area contributed by atoms with E-state index in [1.54, 1.807) is 10.6 Å². The highest BCUT2D eigenvalue weighted by Crippen LogP contribution is 2.10. The molecule has 112 valence electrons. The molecule has 3 rings (SSSR count). The molecule has 0 spiro atoms. The fraction of sp³-hybridized carbons (Fsp3) is 0.200. The monoisotopic (exact) mass is 297 g/mol. The smallest absolute Gasteiger partial charge is 0.293 e. The van der Waals surface area contributed by atoms with E-state index in [2.05, 4.69) is 20.5 Å². The first kappa shape index (κ1) is 14.0. The lowest BCUT2D eigenvalue weighted by Gasteiger charge is -2.07. The van der Waals surface area contributed by atoms with E-state index >= 15 is 0 Å². The third kappa shape index (κ3) is 2.48. The van der Waals surface area contributed by atoms with Crippen molar-refractivity contribution >= 4 is 11.6 Å². The Morgan fingerprint density at radius 2 is 2.14 bits per heavy atom. The Bertz CT molecular complexity index is 910. The Kier molecular flexibility index (Phi) is 3.46. The van der Waals surface area contributed by atoms with Gasteiger partial charge in [-0.1, -0.05) is 17.7 Å². The molecule has 0 aliphatic rings. The van der Waals surface area contributed by atoms with Crippen LogP contribution in [-0.2, 0) is 6.54 Å². The van der Waals surface area contributed by atoms with E-state index in [4.69, 9.17) is 0 Å². The van der Waals surface area contributed by atoms with E-state index in [0.717, 1.165) is 11.1 Å². The van der Waals surface area contributed by atoms with Crippen molar-refractivity contribution in [2.75, 3.05) is 0 Å². The van der Waals surface area contributed by atoms with Crippen LogP contribution in [-0.4, -0.2) is 25.5 Å². The summed E-state index contributed by atoms with van der Waals surface area (Å²) in [5.41, 5.74) is 2.45. The minimum Gasteiger partial charge on any atom is -0.345 e. The maximum Gasteiger partial charge on any atom is 0.293 e. The van der Waals surface area contributed by atoms with Gasteiger partial charge in [-0.05, 0) is 25.5 Å². The van der Waals surface area contributed by atoms with E-state index < -0.39 is 0 Å². The fourth-order valence-corrected chi connectivity index (χ4v) is 2.24. The van der Waals surface area contributed by atoms with Crippen molar-refractivity contribution < 1.29 is 4.79 Å². The lowest BCUT2D eigenvalue weighted by atomic mass is 10.1. The van der Waals surface area contributed by atoms with Crippen LogP contribution in [0.5, 0.6) is 0 Å². The molecular formula is C15H15N5O2. The minimum absolute atomic E-state index is 0.178. The predicted molar refractivity (Wildman–Crippen MR) is 80.7 cm³/mol. The standard InChI is InChI=1S/C15H15N5O2/c1-9-3-4-10(2)11(7-9)14(21)17-8-12-18-19-13-15(22)16-5-6-20(12)13/h3-7H,8H2,1-2H3,(H,16,22)(H,17,21). The van der Waals surface area contributed by atoms with Gasteiger partial charge in [-0.25, -0.2) is 0 Å². The highest BCUT2D eigenvalue weighted by atomic mass is 16.1. The van der Waals surface area contributed by atoms with Crippen molar-refractivity contribution in [3.8, 4) is 0 Å². The number of benzene rings is 1. The number of aromatic amines is 1. The van der Waals surface area contributed by atoms with Gasteiger partial charge in [0, 0.05) is 18.0 Å². The highest BCUT2D eigenvalue weighted by Gasteiger charge is 2.12. The molecule has 0 radical (unpaired) electrons. The Morgan fingerprint density at radius 1 is 1.32 bits per heavy atom. The van der Waals surface area contributed by atoms with Gasteiger partial charge in [-0.3, -0.25) is 14.0 Å². The van der Waals surface area contributed by atoms with Gasteiger partial charge in [0.25, 0.3) is 11.5 Å². The summed E-state index contributed by atoms with van der Waals surface area (Å²) in [4.78, 5) is 26.4. The second-order valence-electron chi connectivity index (χ2n) is 5.10. The van der Waals surface area contributed by atoms with Gasteiger partial charge in [-0.2, -0.15) is 0 Å². The van der Waals surface area contributed by atoms with Crippen LogP contribution < -0.4 is 10.9 Å². The minimum atomic E-state index is -0.317. The normalized spacial score (nSPS) is 10.8. The maximum absolute atomic E-state index is 12.3. The van der Waals surface area contributed by atoms with Gasteiger partial charge in [-0.15, -0.1) is 10.2 Å². The molecule has 1 aromatic carbocycles. The Morgan fingerprint density at radius 3 is 2.95 bits per heavy atom. The summed E-state index contributed by atoms with van der Waals surface area (Å²) in [6.07, 6.45) is 3.16. The summed E-state index contributed by atoms with van der Waals surface area (Å²) in [5.74, 6) is 0.322. The van der Waals surface area contributed by atoms with Crippen LogP contribution in [0.3, 0.4) is 0 Å². The molecule has 0 saturated carbocycles. The molecule has 2 N–H and O–H groups in total. The first-order valence-electron chi connectivity index (χ1n) is 6.83. The largest absolute Gasteiger partial charge is 0.345 e. The highest BCUT2D eigenvalue weighted by molar-refractivity contribution is 5.95. The number of H-pyrrole nitrogens is 1. The average molecular weight is 297 g/mol. The molecular weight excluding hydrogens is 282 g/mol. The van der Waals surface area contributed by atoms with Crippen molar-refractivity contribution in [2.24, 2.45) is 0 Å². The van der Waals surface area contributed by atoms with Crippen LogP contribution in [0.25, 0.3) is 5.65 Å². The summed E-state index contributed by atoms with van der Waals surface area (Å²) in [6, 6.07) is 5.72. The first-order chi connectivity index (χ1) is 10.6. The van der Waals surface area contributed by atoms with Crippen LogP contribution in [0, 0.1) is 13.8 Å². The molecule has 0 aliphatic heterocycles. The van der Waals surface area contributed by atoms with Gasteiger partial charge in [0.2, 0.25) is 5.65 Å². The van der Waals surface area contributed by atoms with Crippen molar-refractivity contribution in [3.63, 3.8) is 0 Å². The van der Waals surface area contributed by atoms with Crippen molar-refractivity contribution in [1.82, 2.24) is 24.9 Å². The van der Waals surface area contributed by atoms with Crippen LogP contribution in [0.4, 0.5) is 0 Å². The Labute approximate surface area is 126 Å². The van der Waals surface area contributed by atoms with E-state index in [-0.39, 0.29) is 23.7 Å². The molecule has 7 heteroatoms. The number of rotatable bonds is 3. The van der Waals surface area contributed by atoms with Crippen LogP contribution >= 0.6 is 0 Å². The molecule has 22 heavy (non-hydrogen) atoms. The van der Waals surface area contributed by atoms with E-state index in [9.17, 15) is 9.59 Å². The third-order valence-corrected chi connectivity index (χ3v) is 3.45. The topological polar surface area (TPSA) is 92.2 Å². The van der Waals surface area contributed by atoms with E-state index in [1.165, 1.54) is 6.20 Å². The average Bonchev–Trinajstić information content (AvgIpc) is 2.92. The number of aromatic nitrogens is 4. The van der Waals surface area contributed by atoms with Gasteiger partial charge in [0.15, 0.2) is 5.82 Å². The summed E-state index contributed by atoms with van der Waals surface area (Å²) < 4.78 is 1.56. The Balaban J connectivity index is 1.82. The predicted octanol–water partition coefficient (Wildman–Crippen LogP) is 0.964. The number of amides is 1. The molecule has 1 amide bonds. The molecule has 3 aromatic rings. The number of hydrogen-bond acceptors (Lipinski definition) is 4. The van der Waals surface area contributed by atoms with Crippen LogP contribution in [0.1, 0.15) is 27.3 Å². The van der Waals surface area contributed by atoms with Crippen molar-refractivity contribution in [2.45, 2.75) is 20.4 Å². The number of carbonyl (C=O) groups is 1. The lowest BCUT2D eigenvalue weighted by Crippen LogP contribution is -2.25. The second-order valence-corrected chi connectivity index (χ2v) is 5.10. The number of nitrogens with one attached hydrogen (secondary N) is 2. The maximum atomic E-state index is 12.3. The lowest BCUT2D eigenvalue weighted by molar-refractivity contribution is 0.0949. The zero-order valence-corrected chi connectivity index (χ0v) is 12.3. The molecule has 2 aromatic heterocycles. The van der Waals surface area contributed by atoms with Gasteiger partial charge >= 0.3 is 0 Å². The van der Waals surface area contributed by atoms with Gasteiger partial charge in [0.05, 0.1) is 6.54 Å². The molecule has 0 saturated heterocycles. The molecule has 7 nitrogen and oxygen atoms in total. The fourth-order valence-electron chi connectivity index (χ4n) is 2.24. The third-order valence-electron chi connectivity index (χ3n) is 3.45. The second kappa shape index (κ2) is 5.44. The molecule has 2 heterocycles. The van der Waals surface area contributed by atoms with Crippen molar-refractivity contribution in [3.05, 3.63) is 63.5 Å². The molecule has 0 bridgehead atoms. The summed E-state index contributed by atoms with van der Waals surface area (Å²) in [7, 11) is 0. The first-order valence-corrected chi connectivity index (χ1v) is 6.83. The van der Waals surface area contributed by atoms with Gasteiger partial charge < -0.3 is 10.3 Å². The Hall–Kier alpha value is -2.96. The number of nitrogens with zero attached hydrogens (tertiary/aromatic N) is 3. The summed E-state index contributed by atoms with van der Waals surface area (Å²) in [5, 5.41) is 10.6. The SMILES string of the molecule is Cc1ccc(C)c(C(=O)NCc2nnc3c(=O)[nH]ccn23)c1. The molecule has 0 unspecified atom stereocenters. The van der Waals surface area contributed by atoms with E-state index in [1.807, 2.05) is 32.0 Å². The quantitative estimate of drug-likeness (QED) is 0.753. The van der Waals surface area contributed by atoms with Gasteiger partial charge in [0.1, 0.15) is 0 Å². The van der Waals surface area contributed by atoms with Crippen LogP contribution in [0.15, 0.2) is 35.4 Å². The molecule has 0 fully saturated rings. The molecule has 0 aliphatic carbocycles. The van der Waals surface area contributed by atoms with Crippen molar-refractivity contribution in [1.29, 1.82) is 0 Å². The zero-order valence-electron chi connectivity index (χ0n) is 12.3. The number of hydrogen-bond donors (Lipinski definition) is 2. The summed E-state index contributed by atoms with van der Waals surface area (Å²) >= 11 is 0.